The van der Waals surface area contributed by atoms with E-state index in [-0.39, 0.29) is 11.2 Å². The SMILES string of the molecule is Cc1cc(C)c(COc2cc(F)cc(B(O)O)c2)c(C)c1. The largest absolute Gasteiger partial charge is 0.489 e. The van der Waals surface area contributed by atoms with E-state index in [4.69, 9.17) is 14.8 Å². The van der Waals surface area contributed by atoms with Crippen molar-refractivity contribution in [3.8, 4) is 5.75 Å². The Kier molecular flexibility index (Phi) is 4.65. The molecular formula is C16H18BFO3. The summed E-state index contributed by atoms with van der Waals surface area (Å²) in [5.41, 5.74) is 4.54. The maximum Gasteiger partial charge on any atom is 0.488 e. The minimum Gasteiger partial charge on any atom is -0.489 e. The Hall–Kier alpha value is -1.85. The monoisotopic (exact) mass is 288 g/mol. The summed E-state index contributed by atoms with van der Waals surface area (Å²) in [6.07, 6.45) is 0. The normalized spacial score (nSPS) is 10.6. The highest BCUT2D eigenvalue weighted by Gasteiger charge is 2.14. The van der Waals surface area contributed by atoms with E-state index >= 15 is 0 Å². The summed E-state index contributed by atoms with van der Waals surface area (Å²) in [6, 6.07) is 7.86. The second-order valence-corrected chi connectivity index (χ2v) is 5.26. The lowest BCUT2D eigenvalue weighted by Gasteiger charge is -2.13. The Morgan fingerprint density at radius 2 is 1.62 bits per heavy atom. The van der Waals surface area contributed by atoms with Gasteiger partial charge < -0.3 is 14.8 Å². The molecule has 0 fully saturated rings. The molecule has 0 heterocycles. The van der Waals surface area contributed by atoms with Gasteiger partial charge in [0.15, 0.2) is 0 Å². The molecule has 2 aromatic carbocycles. The van der Waals surface area contributed by atoms with E-state index in [1.807, 2.05) is 20.8 Å². The van der Waals surface area contributed by atoms with Crippen LogP contribution in [0.2, 0.25) is 0 Å². The van der Waals surface area contributed by atoms with Crippen LogP contribution in [0.4, 0.5) is 4.39 Å². The molecule has 2 rings (SSSR count). The van der Waals surface area contributed by atoms with Crippen LogP contribution in [-0.4, -0.2) is 17.2 Å². The molecule has 0 unspecified atom stereocenters. The summed E-state index contributed by atoms with van der Waals surface area (Å²) in [4.78, 5) is 0. The predicted molar refractivity (Wildman–Crippen MR) is 81.2 cm³/mol. The van der Waals surface area contributed by atoms with E-state index in [1.54, 1.807) is 0 Å². The van der Waals surface area contributed by atoms with E-state index in [0.29, 0.717) is 6.61 Å². The van der Waals surface area contributed by atoms with Crippen molar-refractivity contribution in [3.63, 3.8) is 0 Å². The second kappa shape index (κ2) is 6.29. The van der Waals surface area contributed by atoms with Crippen LogP contribution in [-0.2, 0) is 6.61 Å². The fraction of sp³-hybridized carbons (Fsp3) is 0.250. The minimum atomic E-state index is -1.72. The summed E-state index contributed by atoms with van der Waals surface area (Å²) >= 11 is 0. The second-order valence-electron chi connectivity index (χ2n) is 5.26. The standard InChI is InChI=1S/C16H18BFO3/c1-10-4-11(2)16(12(3)5-10)9-21-15-7-13(17(19)20)6-14(18)8-15/h4-8,19-20H,9H2,1-3H3. The van der Waals surface area contributed by atoms with Crippen LogP contribution in [0.1, 0.15) is 22.3 Å². The average molecular weight is 288 g/mol. The van der Waals surface area contributed by atoms with Crippen molar-refractivity contribution in [2.24, 2.45) is 0 Å². The van der Waals surface area contributed by atoms with Crippen LogP contribution in [0.3, 0.4) is 0 Å². The molecule has 0 bridgehead atoms. The number of aryl methyl sites for hydroxylation is 3. The summed E-state index contributed by atoms with van der Waals surface area (Å²) in [6.45, 7) is 6.36. The molecule has 21 heavy (non-hydrogen) atoms. The zero-order valence-corrected chi connectivity index (χ0v) is 12.4. The molecule has 0 aliphatic heterocycles. The third kappa shape index (κ3) is 3.83. The Morgan fingerprint density at radius 3 is 2.19 bits per heavy atom. The molecule has 0 spiro atoms. The van der Waals surface area contributed by atoms with Gasteiger partial charge in [0.1, 0.15) is 18.2 Å². The number of rotatable bonds is 4. The number of halogens is 1. The summed E-state index contributed by atoms with van der Waals surface area (Å²) in [5.74, 6) is -0.287. The van der Waals surface area contributed by atoms with Crippen molar-refractivity contribution in [2.45, 2.75) is 27.4 Å². The first-order valence-electron chi connectivity index (χ1n) is 6.73. The maximum absolute atomic E-state index is 13.4. The van der Waals surface area contributed by atoms with Gasteiger partial charge in [0, 0.05) is 6.07 Å². The number of benzene rings is 2. The highest BCUT2D eigenvalue weighted by Crippen LogP contribution is 2.19. The molecule has 0 saturated heterocycles. The first kappa shape index (κ1) is 15.5. The van der Waals surface area contributed by atoms with Gasteiger partial charge in [-0.05, 0) is 55.1 Å². The molecule has 2 N–H and O–H groups in total. The van der Waals surface area contributed by atoms with Gasteiger partial charge in [-0.15, -0.1) is 0 Å². The van der Waals surface area contributed by atoms with Gasteiger partial charge in [-0.25, -0.2) is 4.39 Å². The Bertz CT molecular complexity index is 633. The van der Waals surface area contributed by atoms with Crippen LogP contribution in [0.25, 0.3) is 0 Å². The molecule has 0 aliphatic carbocycles. The van der Waals surface area contributed by atoms with E-state index in [0.717, 1.165) is 22.8 Å². The molecule has 110 valence electrons. The van der Waals surface area contributed by atoms with Crippen LogP contribution < -0.4 is 10.2 Å². The summed E-state index contributed by atoms with van der Waals surface area (Å²) < 4.78 is 19.0. The van der Waals surface area contributed by atoms with E-state index in [9.17, 15) is 4.39 Å². The molecule has 0 atom stereocenters. The highest BCUT2D eigenvalue weighted by atomic mass is 19.1. The van der Waals surface area contributed by atoms with Gasteiger partial charge in [0.2, 0.25) is 0 Å². The van der Waals surface area contributed by atoms with Crippen molar-refractivity contribution in [2.75, 3.05) is 0 Å². The molecule has 0 saturated carbocycles. The lowest BCUT2D eigenvalue weighted by molar-refractivity contribution is 0.303. The van der Waals surface area contributed by atoms with Gasteiger partial charge in [-0.1, -0.05) is 17.7 Å². The fourth-order valence-corrected chi connectivity index (χ4v) is 2.41. The van der Waals surface area contributed by atoms with Crippen molar-refractivity contribution >= 4 is 12.6 Å². The summed E-state index contributed by atoms with van der Waals surface area (Å²) in [7, 11) is -1.72. The number of ether oxygens (including phenoxy) is 1. The van der Waals surface area contributed by atoms with Crippen molar-refractivity contribution < 1.29 is 19.2 Å². The third-order valence-corrected chi connectivity index (χ3v) is 3.42. The molecule has 0 aromatic heterocycles. The van der Waals surface area contributed by atoms with Gasteiger partial charge in [0.05, 0.1) is 0 Å². The van der Waals surface area contributed by atoms with Gasteiger partial charge in [0.25, 0.3) is 0 Å². The molecule has 2 aromatic rings. The smallest absolute Gasteiger partial charge is 0.488 e. The van der Waals surface area contributed by atoms with Crippen molar-refractivity contribution in [3.05, 3.63) is 58.4 Å². The topological polar surface area (TPSA) is 49.7 Å². The van der Waals surface area contributed by atoms with Crippen molar-refractivity contribution in [1.82, 2.24) is 0 Å². The molecule has 0 aliphatic rings. The fourth-order valence-electron chi connectivity index (χ4n) is 2.41. The lowest BCUT2D eigenvalue weighted by atomic mass is 9.80. The van der Waals surface area contributed by atoms with Crippen LogP contribution in [0, 0.1) is 26.6 Å². The Balaban J connectivity index is 2.21. The molecule has 3 nitrogen and oxygen atoms in total. The van der Waals surface area contributed by atoms with Gasteiger partial charge >= 0.3 is 7.12 Å². The highest BCUT2D eigenvalue weighted by molar-refractivity contribution is 6.58. The average Bonchev–Trinajstić information content (AvgIpc) is 2.36. The Morgan fingerprint density at radius 1 is 1.00 bits per heavy atom. The van der Waals surface area contributed by atoms with E-state index in [2.05, 4.69) is 12.1 Å². The van der Waals surface area contributed by atoms with Gasteiger partial charge in [-0.2, -0.15) is 0 Å². The lowest BCUT2D eigenvalue weighted by Crippen LogP contribution is -2.30. The number of hydrogen-bond acceptors (Lipinski definition) is 3. The van der Waals surface area contributed by atoms with E-state index < -0.39 is 12.9 Å². The summed E-state index contributed by atoms with van der Waals surface area (Å²) in [5, 5.41) is 18.2. The van der Waals surface area contributed by atoms with Gasteiger partial charge in [-0.3, -0.25) is 0 Å². The number of hydrogen-bond donors (Lipinski definition) is 2. The molecular weight excluding hydrogens is 270 g/mol. The van der Waals surface area contributed by atoms with Crippen LogP contribution in [0.15, 0.2) is 30.3 Å². The minimum absolute atomic E-state index is 0.0716. The predicted octanol–water partition coefficient (Wildman–Crippen LogP) is 2.01. The zero-order valence-electron chi connectivity index (χ0n) is 12.4. The van der Waals surface area contributed by atoms with E-state index in [1.165, 1.54) is 17.7 Å². The third-order valence-electron chi connectivity index (χ3n) is 3.42. The van der Waals surface area contributed by atoms with Crippen molar-refractivity contribution in [1.29, 1.82) is 0 Å². The van der Waals surface area contributed by atoms with Crippen LogP contribution in [0.5, 0.6) is 5.75 Å². The maximum atomic E-state index is 13.4. The Labute approximate surface area is 124 Å². The zero-order chi connectivity index (χ0) is 15.6. The molecule has 5 heteroatoms. The molecule has 0 amide bonds. The van der Waals surface area contributed by atoms with Crippen LogP contribution >= 0.6 is 0 Å². The quantitative estimate of drug-likeness (QED) is 0.846. The molecule has 0 radical (unpaired) electrons. The first-order chi connectivity index (χ1) is 9.86. The first-order valence-corrected chi connectivity index (χ1v) is 6.73.